The summed E-state index contributed by atoms with van der Waals surface area (Å²) in [6.45, 7) is 5.33. The highest BCUT2D eigenvalue weighted by molar-refractivity contribution is 6.05. The number of benzene rings is 1. The second-order valence-corrected chi connectivity index (χ2v) is 11.3. The maximum atomic E-state index is 13.3. The Morgan fingerprint density at radius 1 is 1.11 bits per heavy atom. The number of rotatable bonds is 9. The first kappa shape index (κ1) is 32.8. The van der Waals surface area contributed by atoms with Crippen LogP contribution in [0.5, 0.6) is 5.88 Å². The lowest BCUT2D eigenvalue weighted by atomic mass is 10.0. The number of halogens is 3. The molecule has 1 N–H and O–H groups in total. The molecule has 0 unspecified atom stereocenters. The van der Waals surface area contributed by atoms with Gasteiger partial charge in [-0.3, -0.25) is 14.6 Å². The van der Waals surface area contributed by atoms with Crippen LogP contribution in [0.3, 0.4) is 0 Å². The molecule has 0 atom stereocenters. The van der Waals surface area contributed by atoms with E-state index in [4.69, 9.17) is 20.9 Å². The molecule has 0 bridgehead atoms. The Morgan fingerprint density at radius 2 is 1.87 bits per heavy atom. The Labute approximate surface area is 266 Å². The second kappa shape index (κ2) is 14.6. The van der Waals surface area contributed by atoms with Crippen LogP contribution in [0.4, 0.5) is 24.5 Å². The van der Waals surface area contributed by atoms with E-state index in [2.05, 4.69) is 21.1 Å². The first-order valence-electron chi connectivity index (χ1n) is 15.3. The number of anilines is 2. The number of piperazine rings is 1. The largest absolute Gasteiger partial charge is 0.473 e. The van der Waals surface area contributed by atoms with Crippen LogP contribution in [0.1, 0.15) is 53.7 Å². The monoisotopic (exact) mass is 635 g/mol. The molecule has 2 aromatic heterocycles. The predicted octanol–water partition coefficient (Wildman–Crippen LogP) is 5.73. The number of hydrogen-bond donors (Lipinski definition) is 1. The molecule has 5 rings (SSSR count). The molecule has 12 heteroatoms. The number of aromatic nitrogens is 2. The standard InChI is InChI=1S/C34H36F3N5O4/c1-3-4-5-9-31(43)42-14-12-41(13-15-42)27-19-25(21-38-22-27)29-20-30(33(39-23(29)2)46-28-10-16-45-17-11-28)40-32(44)24-7-6-8-26(18-24)34(35,36)37/h1,6-8,18-22,28H,4-5,9-17H2,2H3,(H,40,44). The van der Waals surface area contributed by atoms with Crippen LogP contribution in [0.25, 0.3) is 11.1 Å². The van der Waals surface area contributed by atoms with Gasteiger partial charge >= 0.3 is 6.18 Å². The van der Waals surface area contributed by atoms with Crippen molar-refractivity contribution >= 4 is 23.2 Å². The number of nitrogens with zero attached hydrogens (tertiary/aromatic N) is 4. The third kappa shape index (κ3) is 8.14. The molecule has 9 nitrogen and oxygen atoms in total. The lowest BCUT2D eigenvalue weighted by Gasteiger charge is -2.36. The summed E-state index contributed by atoms with van der Waals surface area (Å²) in [4.78, 5) is 38.9. The zero-order chi connectivity index (χ0) is 32.7. The lowest BCUT2D eigenvalue weighted by Crippen LogP contribution is -2.48. The number of aryl methyl sites for hydroxylation is 1. The molecule has 46 heavy (non-hydrogen) atoms. The molecule has 0 aliphatic carbocycles. The van der Waals surface area contributed by atoms with E-state index in [-0.39, 0.29) is 29.1 Å². The summed E-state index contributed by atoms with van der Waals surface area (Å²) in [5.74, 6) is 2.13. The van der Waals surface area contributed by atoms with E-state index in [0.717, 1.165) is 23.4 Å². The Balaban J connectivity index is 1.39. The summed E-state index contributed by atoms with van der Waals surface area (Å²) in [7, 11) is 0. The average Bonchev–Trinajstić information content (AvgIpc) is 3.06. The minimum Gasteiger partial charge on any atom is -0.473 e. The average molecular weight is 636 g/mol. The molecular formula is C34H36F3N5O4. The normalized spacial score (nSPS) is 15.7. The van der Waals surface area contributed by atoms with Gasteiger partial charge in [0.2, 0.25) is 11.8 Å². The van der Waals surface area contributed by atoms with Crippen molar-refractivity contribution < 1.29 is 32.2 Å². The van der Waals surface area contributed by atoms with Gasteiger partial charge < -0.3 is 24.6 Å². The van der Waals surface area contributed by atoms with Gasteiger partial charge in [0.15, 0.2) is 0 Å². The zero-order valence-electron chi connectivity index (χ0n) is 25.6. The predicted molar refractivity (Wildman–Crippen MR) is 168 cm³/mol. The van der Waals surface area contributed by atoms with Crippen LogP contribution in [0.15, 0.2) is 48.8 Å². The van der Waals surface area contributed by atoms with E-state index in [1.807, 2.05) is 17.9 Å². The molecule has 2 saturated heterocycles. The number of pyridine rings is 2. The highest BCUT2D eigenvalue weighted by Crippen LogP contribution is 2.35. The van der Waals surface area contributed by atoms with Crippen molar-refractivity contribution in [3.63, 3.8) is 0 Å². The van der Waals surface area contributed by atoms with Gasteiger partial charge in [0.25, 0.3) is 5.91 Å². The van der Waals surface area contributed by atoms with Crippen LogP contribution in [0.2, 0.25) is 0 Å². The molecule has 0 radical (unpaired) electrons. The fourth-order valence-electron chi connectivity index (χ4n) is 5.50. The summed E-state index contributed by atoms with van der Waals surface area (Å²) in [6.07, 6.45) is 6.94. The van der Waals surface area contributed by atoms with E-state index in [1.165, 1.54) is 12.1 Å². The van der Waals surface area contributed by atoms with Crippen molar-refractivity contribution in [3.05, 3.63) is 65.6 Å². The number of ether oxygens (including phenoxy) is 2. The van der Waals surface area contributed by atoms with Crippen LogP contribution < -0.4 is 15.0 Å². The van der Waals surface area contributed by atoms with Crippen LogP contribution >= 0.6 is 0 Å². The van der Waals surface area contributed by atoms with Gasteiger partial charge in [-0.1, -0.05) is 6.07 Å². The molecule has 2 aliphatic heterocycles. The molecule has 0 spiro atoms. The van der Waals surface area contributed by atoms with E-state index >= 15 is 0 Å². The zero-order valence-corrected chi connectivity index (χ0v) is 25.6. The highest BCUT2D eigenvalue weighted by atomic mass is 19.4. The number of hydrogen-bond acceptors (Lipinski definition) is 7. The summed E-state index contributed by atoms with van der Waals surface area (Å²) in [6, 6.07) is 7.94. The van der Waals surface area contributed by atoms with Crippen molar-refractivity contribution in [3.8, 4) is 29.4 Å². The number of unbranched alkanes of at least 4 members (excludes halogenated alkanes) is 1. The minimum atomic E-state index is -4.59. The Kier molecular flexibility index (Phi) is 10.4. The van der Waals surface area contributed by atoms with Crippen LogP contribution in [-0.4, -0.2) is 72.2 Å². The molecule has 2 fully saturated rings. The maximum Gasteiger partial charge on any atom is 0.416 e. The van der Waals surface area contributed by atoms with Gasteiger partial charge in [-0.15, -0.1) is 12.3 Å². The quantitative estimate of drug-likeness (QED) is 0.237. The number of carbonyl (C=O) groups excluding carboxylic acids is 2. The third-order valence-electron chi connectivity index (χ3n) is 8.07. The van der Waals surface area contributed by atoms with Crippen molar-refractivity contribution in [2.45, 2.75) is 51.3 Å². The number of nitrogens with one attached hydrogen (secondary N) is 1. The lowest BCUT2D eigenvalue weighted by molar-refractivity contribution is -0.137. The maximum absolute atomic E-state index is 13.3. The topological polar surface area (TPSA) is 96.9 Å². The van der Waals surface area contributed by atoms with E-state index in [9.17, 15) is 22.8 Å². The van der Waals surface area contributed by atoms with Gasteiger partial charge in [-0.05, 0) is 43.7 Å². The first-order chi connectivity index (χ1) is 22.1. The molecule has 3 aromatic rings. The molecule has 2 amide bonds. The van der Waals surface area contributed by atoms with Gasteiger partial charge in [0.1, 0.15) is 11.8 Å². The van der Waals surface area contributed by atoms with Crippen LogP contribution in [-0.2, 0) is 15.7 Å². The number of amides is 2. The van der Waals surface area contributed by atoms with E-state index in [0.29, 0.717) is 82.8 Å². The SMILES string of the molecule is C#CCCCC(=O)N1CCN(c2cncc(-c3cc(NC(=O)c4cccc(C(F)(F)F)c4)c(OC4CCOCC4)nc3C)c2)CC1. The number of terminal acetylenes is 1. The fourth-order valence-corrected chi connectivity index (χ4v) is 5.50. The van der Waals surface area contributed by atoms with Crippen molar-refractivity contribution in [2.75, 3.05) is 49.6 Å². The molecule has 0 saturated carbocycles. The molecule has 1 aromatic carbocycles. The molecule has 4 heterocycles. The Bertz CT molecular complexity index is 1590. The molecule has 242 valence electrons. The summed E-state index contributed by atoms with van der Waals surface area (Å²) in [5, 5.41) is 2.74. The van der Waals surface area contributed by atoms with Gasteiger partial charge in [-0.2, -0.15) is 13.2 Å². The van der Waals surface area contributed by atoms with E-state index < -0.39 is 17.6 Å². The summed E-state index contributed by atoms with van der Waals surface area (Å²) in [5.41, 5.74) is 2.08. The van der Waals surface area contributed by atoms with Crippen LogP contribution in [0, 0.1) is 19.3 Å². The van der Waals surface area contributed by atoms with Crippen molar-refractivity contribution in [1.29, 1.82) is 0 Å². The molecular weight excluding hydrogens is 599 g/mol. The Morgan fingerprint density at radius 3 is 2.59 bits per heavy atom. The first-order valence-corrected chi connectivity index (χ1v) is 15.3. The summed E-state index contributed by atoms with van der Waals surface area (Å²) >= 11 is 0. The van der Waals surface area contributed by atoms with Gasteiger partial charge in [-0.25, -0.2) is 4.98 Å². The smallest absolute Gasteiger partial charge is 0.416 e. The van der Waals surface area contributed by atoms with Gasteiger partial charge in [0.05, 0.1) is 30.7 Å². The highest BCUT2D eigenvalue weighted by Gasteiger charge is 2.31. The second-order valence-electron chi connectivity index (χ2n) is 11.3. The van der Waals surface area contributed by atoms with Crippen molar-refractivity contribution in [2.24, 2.45) is 0 Å². The number of carbonyl (C=O) groups is 2. The third-order valence-corrected chi connectivity index (χ3v) is 8.07. The number of alkyl halides is 3. The summed E-state index contributed by atoms with van der Waals surface area (Å²) < 4.78 is 51.7. The Hall–Kier alpha value is -4.63. The van der Waals surface area contributed by atoms with Crippen molar-refractivity contribution in [1.82, 2.24) is 14.9 Å². The van der Waals surface area contributed by atoms with Gasteiger partial charge in [0, 0.05) is 80.4 Å². The molecule has 2 aliphatic rings. The minimum absolute atomic E-state index is 0.103. The fraction of sp³-hybridized carbons (Fsp3) is 0.412. The van der Waals surface area contributed by atoms with E-state index in [1.54, 1.807) is 18.5 Å².